The number of anilines is 4. The molecule has 3 fully saturated rings. The van der Waals surface area contributed by atoms with Crippen LogP contribution in [0.25, 0.3) is 0 Å². The van der Waals surface area contributed by atoms with Gasteiger partial charge in [0.1, 0.15) is 53.9 Å². The van der Waals surface area contributed by atoms with Gasteiger partial charge in [0, 0.05) is 123 Å². The number of amides is 9. The van der Waals surface area contributed by atoms with Gasteiger partial charge >= 0.3 is 24.5 Å². The third kappa shape index (κ3) is 22.6. The van der Waals surface area contributed by atoms with Crippen molar-refractivity contribution in [1.82, 2.24) is 28.8 Å². The monoisotopic (exact) mass is 1780 g/mol. The number of benzene rings is 7. The number of nitrogens with zero attached hydrogens (tertiary/aromatic N) is 10. The fraction of sp³-hybridized carbons (Fsp3) is 0.271. The maximum atomic E-state index is 14.1. The van der Waals surface area contributed by atoms with Gasteiger partial charge in [-0.1, -0.05) is 115 Å². The average molecular weight is 1780 g/mol. The predicted octanol–water partition coefficient (Wildman–Crippen LogP) is 16.7. The van der Waals surface area contributed by atoms with Crippen LogP contribution in [0.5, 0.6) is 11.5 Å². The highest BCUT2D eigenvalue weighted by molar-refractivity contribution is 7.89. The molecule has 3 aliphatic heterocycles. The van der Waals surface area contributed by atoms with E-state index in [0.717, 1.165) is 56.9 Å². The Morgan fingerprint density at radius 1 is 0.417 bits per heavy atom. The van der Waals surface area contributed by atoms with Crippen LogP contribution in [0.4, 0.5) is 58.7 Å². The van der Waals surface area contributed by atoms with Crippen molar-refractivity contribution in [1.29, 1.82) is 0 Å². The van der Waals surface area contributed by atoms with Crippen molar-refractivity contribution in [3.8, 4) is 11.5 Å². The Morgan fingerprint density at radius 3 is 1.18 bits per heavy atom. The SMILES string of the molecule is CN(C(=O)N1CCN(C(=O)C(c2cccs2)N(C(=O)CCl)c2cccc(C(F)(F)F)c2)CC1)c1ccccc1.Cc1ccc(S(=O)(=O)N2CCN(C(=O)C(c3cccs3)N(C(=O)CCl)c3cccc(C(F)(F)F)c3)CC2)cc1.O=C(OCc1ccccc1)N1CCN(C(=O)C(c2cccs2)N(C(=O)CCl)c2ccc(Oc3ccccc3)cc2)CC1. The molecule has 0 saturated carbocycles. The number of hydrogen-bond donors (Lipinski definition) is 0. The molecular formula is C85H81Cl3F6N10O12S4. The van der Waals surface area contributed by atoms with Crippen LogP contribution < -0.4 is 24.3 Å². The number of thiophene rings is 3. The fourth-order valence-corrected chi connectivity index (χ4v) is 17.7. The summed E-state index contributed by atoms with van der Waals surface area (Å²) in [5.74, 6) is -3.19. The summed E-state index contributed by atoms with van der Waals surface area (Å²) in [6.07, 6.45) is -9.71. The van der Waals surface area contributed by atoms with E-state index in [2.05, 4.69) is 0 Å². The van der Waals surface area contributed by atoms with Crippen LogP contribution in [-0.4, -0.2) is 188 Å². The van der Waals surface area contributed by atoms with E-state index in [1.165, 1.54) is 88.2 Å². The molecule has 22 nitrogen and oxygen atoms in total. The second kappa shape index (κ2) is 41.4. The summed E-state index contributed by atoms with van der Waals surface area (Å²) >= 11 is 21.6. The molecule has 0 radical (unpaired) electrons. The van der Waals surface area contributed by atoms with Gasteiger partial charge in [0.25, 0.3) is 17.7 Å². The highest BCUT2D eigenvalue weighted by atomic mass is 35.5. The number of para-hydroxylation sites is 2. The third-order valence-corrected chi connectivity index (χ3v) is 25.0. The lowest BCUT2D eigenvalue weighted by Gasteiger charge is -2.39. The number of sulfonamides is 1. The molecule has 3 aliphatic rings. The number of halogens is 9. The number of urea groups is 1. The quantitative estimate of drug-likeness (QED) is 0.0457. The van der Waals surface area contributed by atoms with Gasteiger partial charge in [0.15, 0.2) is 0 Å². The number of hydrogen-bond acceptors (Lipinski definition) is 15. The van der Waals surface area contributed by atoms with Crippen molar-refractivity contribution in [2.24, 2.45) is 0 Å². The maximum Gasteiger partial charge on any atom is 0.416 e. The number of aryl methyl sites for hydroxylation is 1. The summed E-state index contributed by atoms with van der Waals surface area (Å²) in [7, 11) is -2.10. The number of carbonyl (C=O) groups excluding carboxylic acids is 8. The molecule has 0 N–H and O–H groups in total. The smallest absolute Gasteiger partial charge is 0.416 e. The van der Waals surface area contributed by atoms with Gasteiger partial charge in [-0.15, -0.1) is 68.8 Å². The summed E-state index contributed by atoms with van der Waals surface area (Å²) in [5, 5.41) is 5.29. The molecule has 7 aromatic carbocycles. The van der Waals surface area contributed by atoms with E-state index in [1.807, 2.05) is 115 Å². The summed E-state index contributed by atoms with van der Waals surface area (Å²) < 4.78 is 120. The van der Waals surface area contributed by atoms with Crippen molar-refractivity contribution < 1.29 is 82.6 Å². The normalized spacial score (nSPS) is 14.6. The first-order chi connectivity index (χ1) is 57.6. The Labute approximate surface area is 716 Å². The maximum absolute atomic E-state index is 14.1. The van der Waals surface area contributed by atoms with Crippen LogP contribution in [0.2, 0.25) is 0 Å². The van der Waals surface area contributed by atoms with Gasteiger partial charge in [0.2, 0.25) is 27.7 Å². The topological polar surface area (TPSA) is 222 Å². The molecular weight excluding hydrogens is 1700 g/mol. The van der Waals surface area contributed by atoms with E-state index in [4.69, 9.17) is 44.3 Å². The molecule has 6 heterocycles. The van der Waals surface area contributed by atoms with E-state index in [0.29, 0.717) is 58.0 Å². The van der Waals surface area contributed by atoms with E-state index in [9.17, 15) is 73.1 Å². The van der Waals surface area contributed by atoms with Gasteiger partial charge in [-0.3, -0.25) is 48.4 Å². The predicted molar refractivity (Wildman–Crippen MR) is 451 cm³/mol. The molecule has 3 atom stereocenters. The first-order valence-electron chi connectivity index (χ1n) is 37.5. The molecule has 10 aromatic rings. The molecule has 0 aliphatic carbocycles. The molecule has 35 heteroatoms. The number of carbonyl (C=O) groups is 8. The summed E-state index contributed by atoms with van der Waals surface area (Å²) in [6, 6.07) is 56.7. The Kier molecular flexibility index (Phi) is 31.0. The highest BCUT2D eigenvalue weighted by Gasteiger charge is 2.44. The number of alkyl halides is 9. The van der Waals surface area contributed by atoms with E-state index in [1.54, 1.807) is 93.2 Å². The van der Waals surface area contributed by atoms with Crippen molar-refractivity contribution in [2.75, 3.05) is 123 Å². The summed E-state index contributed by atoms with van der Waals surface area (Å²) in [4.78, 5) is 122. The molecule has 120 heavy (non-hydrogen) atoms. The van der Waals surface area contributed by atoms with Crippen molar-refractivity contribution in [3.63, 3.8) is 0 Å². The van der Waals surface area contributed by atoms with Crippen LogP contribution in [0.1, 0.15) is 55.0 Å². The Balaban J connectivity index is 0.000000176. The fourth-order valence-electron chi connectivity index (χ4n) is 13.4. The van der Waals surface area contributed by atoms with Gasteiger partial charge < -0.3 is 34.0 Å². The highest BCUT2D eigenvalue weighted by Crippen LogP contribution is 2.41. The number of piperazine rings is 3. The lowest BCUT2D eigenvalue weighted by molar-refractivity contribution is -0.138. The van der Waals surface area contributed by atoms with E-state index in [-0.39, 0.29) is 93.1 Å². The molecule has 3 aromatic heterocycles. The van der Waals surface area contributed by atoms with Crippen molar-refractivity contribution in [2.45, 2.75) is 48.9 Å². The Morgan fingerprint density at radius 2 is 0.783 bits per heavy atom. The molecule has 0 bridgehead atoms. The zero-order valence-corrected chi connectivity index (χ0v) is 70.1. The number of ether oxygens (including phenoxy) is 2. The largest absolute Gasteiger partial charge is 0.457 e. The van der Waals surface area contributed by atoms with Crippen LogP contribution >= 0.6 is 68.8 Å². The second-order valence-electron chi connectivity index (χ2n) is 27.3. The van der Waals surface area contributed by atoms with Crippen molar-refractivity contribution >= 4 is 149 Å². The molecule has 3 unspecified atom stereocenters. The molecule has 9 amide bonds. The van der Waals surface area contributed by atoms with Crippen molar-refractivity contribution in [3.05, 3.63) is 277 Å². The van der Waals surface area contributed by atoms with Gasteiger partial charge in [-0.05, 0) is 144 Å². The zero-order chi connectivity index (χ0) is 85.8. The van der Waals surface area contributed by atoms with Crippen LogP contribution in [0.3, 0.4) is 0 Å². The lowest BCUT2D eigenvalue weighted by Crippen LogP contribution is -2.56. The van der Waals surface area contributed by atoms with Crippen LogP contribution in [0, 0.1) is 6.92 Å². The summed E-state index contributed by atoms with van der Waals surface area (Å²) in [5.41, 5.74) is 0.955. The Bertz CT molecular complexity index is 5210. The Hall–Kier alpha value is -10.8. The molecule has 13 rings (SSSR count). The number of rotatable bonds is 22. The van der Waals surface area contributed by atoms with Gasteiger partial charge in [-0.25, -0.2) is 18.0 Å². The first-order valence-corrected chi connectivity index (χ1v) is 43.1. The van der Waals surface area contributed by atoms with Crippen LogP contribution in [0.15, 0.2) is 245 Å². The third-order valence-electron chi connectivity index (χ3n) is 19.6. The zero-order valence-electron chi connectivity index (χ0n) is 64.5. The summed E-state index contributed by atoms with van der Waals surface area (Å²) in [6.45, 7) is 4.33. The van der Waals surface area contributed by atoms with E-state index >= 15 is 0 Å². The second-order valence-corrected chi connectivity index (χ2v) is 33.0. The molecule has 0 spiro atoms. The lowest BCUT2D eigenvalue weighted by atomic mass is 10.1. The van der Waals surface area contributed by atoms with Gasteiger partial charge in [-0.2, -0.15) is 30.6 Å². The van der Waals surface area contributed by atoms with Gasteiger partial charge in [0.05, 0.1) is 16.0 Å². The molecule has 3 saturated heterocycles. The average Bonchev–Trinajstić information content (AvgIpc) is 1.28. The minimum absolute atomic E-state index is 0.0200. The van der Waals surface area contributed by atoms with Crippen LogP contribution in [-0.2, 0) is 62.5 Å². The first kappa shape index (κ1) is 89.9. The van der Waals surface area contributed by atoms with E-state index < -0.39 is 99.0 Å². The standard InChI is InChI=1S/C32H30ClN3O5S.C27H26ClF3N4O3S.C26H25ClF3N3O4S2/c33-22-29(37)36(25-13-15-27(16-14-25)41-26-10-5-2-6-11-26)30(28-12-7-21-42-28)31(38)34-17-19-35(20-18-34)32(39)40-23-24-8-3-1-4-9-24;1-32(20-8-3-2-4-9-20)26(38)34-14-12-33(13-15-34)25(37)24(22-11-6-16-39-22)35(23(36)18-28)21-10-5-7-19(17-21)27(29,30)31;1-18-7-9-21(10-8-18)39(36,37)32-13-11-31(12-14-32)25(35)24(22-6-3-15-38-22)33(23(34)17-27)20-5-2-4-19(16-20)26(28,29)30/h1-16,21,30H,17-20,22-23H2;2-11,16-17,24H,12-15,18H2,1H3;2-10,15-16,24H,11-14,17H2,1H3. The minimum Gasteiger partial charge on any atom is -0.457 e. The minimum atomic E-state index is -4.66. The molecule has 630 valence electrons.